The summed E-state index contributed by atoms with van der Waals surface area (Å²) in [7, 11) is 2.19. The molecule has 1 aliphatic heterocycles. The molecule has 2 aliphatic rings. The van der Waals surface area contributed by atoms with E-state index in [1.807, 2.05) is 13.0 Å². The number of nitrogens with zero attached hydrogens (tertiary/aromatic N) is 5. The van der Waals surface area contributed by atoms with Crippen molar-refractivity contribution in [2.24, 2.45) is 0 Å². The molecule has 2 aromatic heterocycles. The smallest absolute Gasteiger partial charge is 0.254 e. The molecule has 1 saturated carbocycles. The molecule has 1 aromatic carbocycles. The van der Waals surface area contributed by atoms with Crippen LogP contribution in [-0.2, 0) is 0 Å². The molecular formula is C21H21F3N5OP. The van der Waals surface area contributed by atoms with Crippen LogP contribution in [0.4, 0.5) is 13.2 Å². The van der Waals surface area contributed by atoms with Gasteiger partial charge in [-0.25, -0.2) is 22.7 Å². The van der Waals surface area contributed by atoms with Crippen molar-refractivity contribution >= 4 is 20.9 Å². The van der Waals surface area contributed by atoms with E-state index in [0.717, 1.165) is 18.9 Å². The van der Waals surface area contributed by atoms with Crippen LogP contribution in [0.1, 0.15) is 58.4 Å². The molecule has 6 nitrogen and oxygen atoms in total. The van der Waals surface area contributed by atoms with E-state index in [-0.39, 0.29) is 42.5 Å². The van der Waals surface area contributed by atoms with Crippen LogP contribution >= 0.6 is 9.24 Å². The highest BCUT2D eigenvalue weighted by Crippen LogP contribution is 2.43. The van der Waals surface area contributed by atoms with Gasteiger partial charge in [0.1, 0.15) is 11.7 Å². The maximum Gasteiger partial charge on any atom is 0.254 e. The van der Waals surface area contributed by atoms with Gasteiger partial charge in [0, 0.05) is 23.7 Å². The number of fused-ring (bicyclic) bond motifs is 1. The van der Waals surface area contributed by atoms with Gasteiger partial charge in [-0.3, -0.25) is 4.79 Å². The Morgan fingerprint density at radius 2 is 2.00 bits per heavy atom. The minimum atomic E-state index is -1.74. The molecule has 10 heteroatoms. The van der Waals surface area contributed by atoms with Crippen molar-refractivity contribution in [3.8, 4) is 0 Å². The fourth-order valence-corrected chi connectivity index (χ4v) is 4.90. The highest BCUT2D eigenvalue weighted by molar-refractivity contribution is 7.18. The normalized spacial score (nSPS) is 24.0. The largest absolute Gasteiger partial charge is 0.334 e. The molecule has 0 radical (unpaired) electrons. The number of benzene rings is 1. The fourth-order valence-electron chi connectivity index (χ4n) is 4.40. The number of likely N-dealkylation sites (tertiary alicyclic amines) is 1. The van der Waals surface area contributed by atoms with Crippen LogP contribution in [0, 0.1) is 18.6 Å². The third-order valence-corrected chi connectivity index (χ3v) is 6.33. The molecule has 1 saturated heterocycles. The van der Waals surface area contributed by atoms with Crippen LogP contribution in [0.25, 0.3) is 5.78 Å². The van der Waals surface area contributed by atoms with Gasteiger partial charge in [-0.1, -0.05) is 9.24 Å². The van der Waals surface area contributed by atoms with Crippen molar-refractivity contribution in [1.82, 2.24) is 24.5 Å². The summed E-state index contributed by atoms with van der Waals surface area (Å²) in [5, 5.41) is 2.45. The predicted molar refractivity (Wildman–Crippen MR) is 111 cm³/mol. The number of rotatable bonds is 3. The predicted octanol–water partition coefficient (Wildman–Crippen LogP) is 3.76. The van der Waals surface area contributed by atoms with Crippen molar-refractivity contribution in [2.45, 2.75) is 43.4 Å². The fraction of sp³-hybridized carbons (Fsp3) is 0.429. The molecule has 0 N–H and O–H groups in total. The SMILES string of the molecule is Cc1cc([C@@H]2CN(C(=O)c3cc(F)c(F)c(C4CC4)c3)CC(F)(P)C2)n2ncnc2n1. The maximum atomic E-state index is 15.3. The molecule has 0 spiro atoms. The van der Waals surface area contributed by atoms with Gasteiger partial charge in [0.25, 0.3) is 11.7 Å². The summed E-state index contributed by atoms with van der Waals surface area (Å²) in [6.07, 6.45) is 3.08. The third kappa shape index (κ3) is 3.80. The van der Waals surface area contributed by atoms with E-state index in [0.29, 0.717) is 17.2 Å². The van der Waals surface area contributed by atoms with E-state index in [4.69, 9.17) is 0 Å². The first-order valence-electron chi connectivity index (χ1n) is 10.1. The van der Waals surface area contributed by atoms with E-state index >= 15 is 4.39 Å². The minimum Gasteiger partial charge on any atom is -0.334 e. The molecule has 1 aliphatic carbocycles. The topological polar surface area (TPSA) is 63.4 Å². The molecular weight excluding hydrogens is 426 g/mol. The monoisotopic (exact) mass is 447 g/mol. The van der Waals surface area contributed by atoms with E-state index in [2.05, 4.69) is 24.3 Å². The molecule has 5 rings (SSSR count). The first-order valence-corrected chi connectivity index (χ1v) is 10.7. The number of aromatic nitrogens is 4. The Morgan fingerprint density at radius 3 is 2.74 bits per heavy atom. The number of hydrogen-bond donors (Lipinski definition) is 0. The lowest BCUT2D eigenvalue weighted by Gasteiger charge is -2.40. The zero-order valence-corrected chi connectivity index (χ0v) is 18.0. The maximum absolute atomic E-state index is 15.3. The van der Waals surface area contributed by atoms with Gasteiger partial charge in [0.2, 0.25) is 0 Å². The van der Waals surface area contributed by atoms with Crippen LogP contribution in [0.5, 0.6) is 0 Å². The van der Waals surface area contributed by atoms with Crippen LogP contribution in [0.15, 0.2) is 24.5 Å². The van der Waals surface area contributed by atoms with Crippen LogP contribution < -0.4 is 0 Å². The van der Waals surface area contributed by atoms with E-state index in [9.17, 15) is 13.6 Å². The Balaban J connectivity index is 1.50. The zero-order valence-electron chi connectivity index (χ0n) is 16.9. The van der Waals surface area contributed by atoms with Gasteiger partial charge in [-0.15, -0.1) is 0 Å². The molecule has 1 amide bonds. The van der Waals surface area contributed by atoms with Crippen molar-refractivity contribution < 1.29 is 18.0 Å². The summed E-state index contributed by atoms with van der Waals surface area (Å²) in [6, 6.07) is 4.13. The number of piperidine rings is 1. The second kappa shape index (κ2) is 7.26. The molecule has 31 heavy (non-hydrogen) atoms. The number of halogens is 3. The average molecular weight is 447 g/mol. The quantitative estimate of drug-likeness (QED) is 0.574. The zero-order chi connectivity index (χ0) is 21.9. The first-order chi connectivity index (χ1) is 14.7. The number of carbonyl (C=O) groups excluding carboxylic acids is 1. The number of amides is 1. The molecule has 0 bridgehead atoms. The summed E-state index contributed by atoms with van der Waals surface area (Å²) in [6.45, 7) is 1.87. The van der Waals surface area contributed by atoms with Gasteiger partial charge >= 0.3 is 0 Å². The van der Waals surface area contributed by atoms with Crippen molar-refractivity contribution in [1.29, 1.82) is 0 Å². The Kier molecular flexibility index (Phi) is 4.77. The Hall–Kier alpha value is -2.54. The number of alkyl halides is 1. The molecule has 2 unspecified atom stereocenters. The molecule has 3 atom stereocenters. The van der Waals surface area contributed by atoms with Gasteiger partial charge < -0.3 is 4.90 Å². The minimum absolute atomic E-state index is 0.0408. The molecule has 2 fully saturated rings. The van der Waals surface area contributed by atoms with Crippen molar-refractivity contribution in [3.63, 3.8) is 0 Å². The van der Waals surface area contributed by atoms with Gasteiger partial charge in [0.05, 0.1) is 12.2 Å². The lowest BCUT2D eigenvalue weighted by atomic mass is 9.91. The lowest BCUT2D eigenvalue weighted by molar-refractivity contribution is 0.0542. The second-order valence-corrected chi connectivity index (χ2v) is 9.59. The summed E-state index contributed by atoms with van der Waals surface area (Å²) in [5.41, 5.74) is 1.68. The van der Waals surface area contributed by atoms with E-state index < -0.39 is 23.0 Å². The first kappa shape index (κ1) is 20.4. The Morgan fingerprint density at radius 1 is 1.23 bits per heavy atom. The van der Waals surface area contributed by atoms with Gasteiger partial charge in [-0.2, -0.15) is 10.1 Å². The van der Waals surface area contributed by atoms with Gasteiger partial charge in [0.15, 0.2) is 11.6 Å². The van der Waals surface area contributed by atoms with E-state index in [1.54, 1.807) is 4.52 Å². The summed E-state index contributed by atoms with van der Waals surface area (Å²) >= 11 is 0. The summed E-state index contributed by atoms with van der Waals surface area (Å²) in [4.78, 5) is 23.0. The van der Waals surface area contributed by atoms with Gasteiger partial charge in [-0.05, 0) is 55.9 Å². The standard InChI is InChI=1S/C21H21F3N5OP/c1-11-4-17(29-20(27-11)25-10-26-29)14-7-21(24,31)9-28(8-14)19(30)13-5-15(12-2-3-12)18(23)16(22)6-13/h4-6,10,12,14H,2-3,7-9,31H2,1H3/t14-,21?/m0/s1. The number of carbonyl (C=O) groups is 1. The molecule has 3 heterocycles. The Labute approximate surface area is 179 Å². The molecule has 162 valence electrons. The summed E-state index contributed by atoms with van der Waals surface area (Å²) < 4.78 is 45.2. The average Bonchev–Trinajstić information content (AvgIpc) is 3.44. The van der Waals surface area contributed by atoms with Crippen molar-refractivity contribution in [2.75, 3.05) is 13.1 Å². The lowest BCUT2D eigenvalue weighted by Crippen LogP contribution is -2.48. The van der Waals surface area contributed by atoms with Crippen molar-refractivity contribution in [3.05, 3.63) is 58.7 Å². The molecule has 3 aromatic rings. The van der Waals surface area contributed by atoms with Crippen LogP contribution in [0.2, 0.25) is 0 Å². The third-order valence-electron chi connectivity index (χ3n) is 5.91. The second-order valence-electron chi connectivity index (χ2n) is 8.55. The van der Waals surface area contributed by atoms with Crippen LogP contribution in [-0.4, -0.2) is 48.9 Å². The van der Waals surface area contributed by atoms with E-state index in [1.165, 1.54) is 17.3 Å². The Bertz CT molecular complexity index is 1190. The highest BCUT2D eigenvalue weighted by Gasteiger charge is 2.41. The highest BCUT2D eigenvalue weighted by atomic mass is 31.0. The number of aryl methyl sites for hydroxylation is 1. The van der Waals surface area contributed by atoms with Crippen LogP contribution in [0.3, 0.4) is 0 Å². The summed E-state index contributed by atoms with van der Waals surface area (Å²) in [5.74, 6) is -2.50. The number of hydrogen-bond acceptors (Lipinski definition) is 4.